The molecule has 0 atom stereocenters. The lowest BCUT2D eigenvalue weighted by Crippen LogP contribution is -2.01. The molecule has 0 aliphatic carbocycles. The fraction of sp³-hybridized carbons (Fsp3) is 0.163. The SMILES string of the molecule is CC.CCC.Cc1cc(S(=O)(=O)O)cc2cc(S(O)(O)O)c(N=Nc3ccc4ccccc4c3)c(O)c12.Cc1cc(S(=O)(=O)O)cc2cc(S(O)(O)O)c(N=Nc3ccccc3)c(O)c12. The van der Waals surface area contributed by atoms with Crippen molar-refractivity contribution in [2.45, 2.75) is 67.5 Å². The van der Waals surface area contributed by atoms with Crippen LogP contribution >= 0.6 is 21.7 Å². The van der Waals surface area contributed by atoms with Gasteiger partial charge in [0, 0.05) is 10.8 Å². The van der Waals surface area contributed by atoms with Crippen LogP contribution in [0.15, 0.2) is 149 Å². The Hall–Kier alpha value is -5.60. The molecule has 0 bridgehead atoms. The van der Waals surface area contributed by atoms with Gasteiger partial charge in [0.05, 0.1) is 31.0 Å². The van der Waals surface area contributed by atoms with Crippen molar-refractivity contribution in [2.75, 3.05) is 0 Å². The number of hydrogen-bond donors (Lipinski definition) is 10. The van der Waals surface area contributed by atoms with E-state index in [1.165, 1.54) is 20.3 Å². The maximum absolute atomic E-state index is 11.5. The second-order valence-corrected chi connectivity index (χ2v) is 19.6. The molecule has 0 fully saturated rings. The number of azo groups is 2. The van der Waals surface area contributed by atoms with E-state index in [1.807, 2.05) is 44.2 Å². The molecule has 65 heavy (non-hydrogen) atoms. The molecule has 348 valence electrons. The van der Waals surface area contributed by atoms with Crippen molar-refractivity contribution >= 4 is 97.0 Å². The molecule has 10 N–H and O–H groups in total. The van der Waals surface area contributed by atoms with Crippen LogP contribution in [0.4, 0.5) is 22.7 Å². The summed E-state index contributed by atoms with van der Waals surface area (Å²) in [5.41, 5.74) is 0.635. The summed E-state index contributed by atoms with van der Waals surface area (Å²) < 4.78 is 124. The van der Waals surface area contributed by atoms with Crippen LogP contribution in [0.2, 0.25) is 0 Å². The number of fused-ring (bicyclic) bond motifs is 3. The lowest BCUT2D eigenvalue weighted by Gasteiger charge is -2.22. The molecule has 7 aromatic rings. The van der Waals surface area contributed by atoms with Crippen LogP contribution in [-0.2, 0) is 20.2 Å². The van der Waals surface area contributed by atoms with Gasteiger partial charge in [-0.1, -0.05) is 82.6 Å². The third kappa shape index (κ3) is 12.8. The van der Waals surface area contributed by atoms with Crippen molar-refractivity contribution in [3.8, 4) is 11.5 Å². The molecule has 0 aliphatic heterocycles. The van der Waals surface area contributed by atoms with Crippen molar-refractivity contribution < 1.29 is 63.5 Å². The van der Waals surface area contributed by atoms with E-state index in [2.05, 4.69) is 34.3 Å². The minimum Gasteiger partial charge on any atom is -0.505 e. The van der Waals surface area contributed by atoms with E-state index in [0.717, 1.165) is 47.2 Å². The third-order valence-corrected chi connectivity index (χ3v) is 12.3. The van der Waals surface area contributed by atoms with Crippen molar-refractivity contribution in [2.24, 2.45) is 20.5 Å². The highest BCUT2D eigenvalue weighted by Crippen LogP contribution is 2.56. The second kappa shape index (κ2) is 21.1. The van der Waals surface area contributed by atoms with E-state index in [9.17, 15) is 63.5 Å². The standard InChI is InChI=1S/C21H18N2O7S2.C17H16N2O7S2.C3H8.C2H6/c1-12-8-17(31(25,26)27)10-15-11-18(32(28,29)30)20(21(24)19(12)15)23-22-16-7-6-13-4-2-3-5-14(13)9-16;1-10-7-13(27(21,22)23)8-11-9-14(28(24,25)26)16(17(20)15(10)11)19-18-12-5-3-2-4-6-12;1-3-2;1-2/h2-11,24,28-30H,1H3,(H,25,26,27);2-9,20,24-26H,1H3,(H,21,22,23);3H2,1-2H3;1-2H3. The molecule has 7 aromatic carbocycles. The van der Waals surface area contributed by atoms with Gasteiger partial charge in [0.2, 0.25) is 0 Å². The second-order valence-electron chi connectivity index (χ2n) is 13.8. The number of aromatic hydroxyl groups is 2. The summed E-state index contributed by atoms with van der Waals surface area (Å²) in [4.78, 5) is -1.98. The van der Waals surface area contributed by atoms with E-state index >= 15 is 0 Å². The zero-order chi connectivity index (χ0) is 48.7. The number of phenolic OH excluding ortho intramolecular Hbond substituents is 2. The summed E-state index contributed by atoms with van der Waals surface area (Å²) in [5.74, 6) is -1.06. The fourth-order valence-corrected chi connectivity index (χ4v) is 8.75. The number of aryl methyl sites for hydroxylation is 2. The Labute approximate surface area is 378 Å². The van der Waals surface area contributed by atoms with Crippen LogP contribution in [0.1, 0.15) is 45.2 Å². The van der Waals surface area contributed by atoms with Crippen LogP contribution in [0.25, 0.3) is 32.3 Å². The third-order valence-electron chi connectivity index (χ3n) is 8.85. The lowest BCUT2D eigenvalue weighted by atomic mass is 10.0. The largest absolute Gasteiger partial charge is 0.505 e. The predicted octanol–water partition coefficient (Wildman–Crippen LogP) is 13.8. The summed E-state index contributed by atoms with van der Waals surface area (Å²) in [7, 11) is -17.8. The quantitative estimate of drug-likeness (QED) is 0.0500. The molecular formula is C43H48N4O14S4. The van der Waals surface area contributed by atoms with Crippen molar-refractivity contribution in [3.63, 3.8) is 0 Å². The Morgan fingerprint density at radius 1 is 0.446 bits per heavy atom. The van der Waals surface area contributed by atoms with Gasteiger partial charge >= 0.3 is 0 Å². The Kier molecular flexibility index (Phi) is 16.9. The van der Waals surface area contributed by atoms with Crippen LogP contribution < -0.4 is 0 Å². The summed E-state index contributed by atoms with van der Waals surface area (Å²) in [6.07, 6.45) is 1.25. The Balaban J connectivity index is 0.000000261. The molecule has 0 unspecified atom stereocenters. The summed E-state index contributed by atoms with van der Waals surface area (Å²) in [5, 5.41) is 39.6. The molecule has 0 aliphatic rings. The van der Waals surface area contributed by atoms with Gasteiger partial charge in [-0.15, -0.1) is 10.2 Å². The first-order valence-corrected chi connectivity index (χ1v) is 25.2. The molecule has 0 saturated heterocycles. The van der Waals surface area contributed by atoms with Crippen molar-refractivity contribution in [1.82, 2.24) is 0 Å². The first kappa shape index (κ1) is 52.0. The first-order valence-electron chi connectivity index (χ1n) is 19.3. The number of hydrogen-bond acceptors (Lipinski definition) is 16. The highest BCUT2D eigenvalue weighted by atomic mass is 32.3. The molecule has 0 heterocycles. The number of nitrogens with zero attached hydrogens (tertiary/aromatic N) is 4. The number of phenols is 2. The fourth-order valence-electron chi connectivity index (χ4n) is 6.18. The Bertz CT molecular complexity index is 3140. The molecule has 0 saturated carbocycles. The van der Waals surface area contributed by atoms with E-state index in [1.54, 1.807) is 42.5 Å². The maximum atomic E-state index is 11.5. The first-order chi connectivity index (χ1) is 30.3. The predicted molar refractivity (Wildman–Crippen MR) is 254 cm³/mol. The average molecular weight is 973 g/mol. The summed E-state index contributed by atoms with van der Waals surface area (Å²) in [6, 6.07) is 27.8. The van der Waals surface area contributed by atoms with Gasteiger partial charge in [-0.25, -0.2) is 0 Å². The molecule has 0 radical (unpaired) electrons. The minimum atomic E-state index is -4.56. The molecule has 18 nitrogen and oxygen atoms in total. The van der Waals surface area contributed by atoms with E-state index in [0.29, 0.717) is 11.4 Å². The van der Waals surface area contributed by atoms with Crippen molar-refractivity contribution in [3.05, 3.63) is 120 Å². The zero-order valence-corrected chi connectivity index (χ0v) is 38.9. The van der Waals surface area contributed by atoms with Gasteiger partial charge in [0.1, 0.15) is 33.1 Å². The molecular weight excluding hydrogens is 925 g/mol. The van der Waals surface area contributed by atoms with Crippen LogP contribution in [0.3, 0.4) is 0 Å². The van der Waals surface area contributed by atoms with Crippen LogP contribution in [0, 0.1) is 13.8 Å². The zero-order valence-electron chi connectivity index (χ0n) is 35.6. The monoisotopic (exact) mass is 972 g/mol. The molecule has 0 aromatic heterocycles. The summed E-state index contributed by atoms with van der Waals surface area (Å²) >= 11 is 0. The normalized spacial score (nSPS) is 12.6. The van der Waals surface area contributed by atoms with Gasteiger partial charge in [0.15, 0.2) is 11.5 Å². The Morgan fingerprint density at radius 2 is 0.831 bits per heavy atom. The summed E-state index contributed by atoms with van der Waals surface area (Å²) in [6.45, 7) is 11.2. The molecule has 22 heteroatoms. The van der Waals surface area contributed by atoms with Crippen LogP contribution in [0.5, 0.6) is 11.5 Å². The Morgan fingerprint density at radius 3 is 1.23 bits per heavy atom. The van der Waals surface area contributed by atoms with Crippen molar-refractivity contribution in [1.29, 1.82) is 0 Å². The average Bonchev–Trinajstić information content (AvgIpc) is 3.22. The van der Waals surface area contributed by atoms with E-state index < -0.39 is 73.1 Å². The number of benzene rings is 7. The minimum absolute atomic E-state index is 0.0452. The van der Waals surface area contributed by atoms with Gasteiger partial charge < -0.3 is 37.5 Å². The maximum Gasteiger partial charge on any atom is 0.294 e. The molecule has 0 amide bonds. The van der Waals surface area contributed by atoms with Gasteiger partial charge in [-0.05, 0) is 107 Å². The smallest absolute Gasteiger partial charge is 0.294 e. The van der Waals surface area contributed by atoms with Gasteiger partial charge in [-0.2, -0.15) is 27.1 Å². The van der Waals surface area contributed by atoms with Gasteiger partial charge in [-0.3, -0.25) is 9.11 Å². The van der Waals surface area contributed by atoms with Gasteiger partial charge in [0.25, 0.3) is 20.2 Å². The van der Waals surface area contributed by atoms with E-state index in [4.69, 9.17) is 0 Å². The highest BCUT2D eigenvalue weighted by molar-refractivity contribution is 8.19. The van der Waals surface area contributed by atoms with Crippen LogP contribution in [-0.4, -0.2) is 63.5 Å². The lowest BCUT2D eigenvalue weighted by molar-refractivity contribution is 0.373. The number of rotatable bonds is 8. The molecule has 7 rings (SSSR count). The van der Waals surface area contributed by atoms with E-state index in [-0.39, 0.29) is 44.0 Å². The topological polar surface area (TPSA) is 320 Å². The molecule has 0 spiro atoms. The highest BCUT2D eigenvalue weighted by Gasteiger charge is 2.28.